The first-order valence-electron chi connectivity index (χ1n) is 8.28. The highest BCUT2D eigenvalue weighted by atomic mass is 16.5. The van der Waals surface area contributed by atoms with Crippen molar-refractivity contribution in [2.75, 3.05) is 19.0 Å². The first kappa shape index (κ1) is 16.4. The molecule has 0 saturated heterocycles. The fourth-order valence-corrected chi connectivity index (χ4v) is 3.46. The minimum absolute atomic E-state index is 0.0719. The van der Waals surface area contributed by atoms with Crippen LogP contribution in [0.3, 0.4) is 0 Å². The van der Waals surface area contributed by atoms with Gasteiger partial charge < -0.3 is 15.3 Å². The molecular formula is C20H24N2O2. The minimum atomic E-state index is -0.153. The molecule has 1 atom stereocenters. The predicted octanol–water partition coefficient (Wildman–Crippen LogP) is 3.91. The second-order valence-corrected chi connectivity index (χ2v) is 6.89. The smallest absolute Gasteiger partial charge is 0.200 e. The van der Waals surface area contributed by atoms with Gasteiger partial charge in [0.15, 0.2) is 6.04 Å². The molecule has 0 amide bonds. The van der Waals surface area contributed by atoms with Crippen molar-refractivity contribution >= 4 is 11.4 Å². The van der Waals surface area contributed by atoms with Crippen molar-refractivity contribution in [1.29, 1.82) is 0 Å². The Morgan fingerprint density at radius 3 is 2.42 bits per heavy atom. The summed E-state index contributed by atoms with van der Waals surface area (Å²) in [5.41, 5.74) is 2.71. The first-order valence-corrected chi connectivity index (χ1v) is 8.28. The summed E-state index contributed by atoms with van der Waals surface area (Å²) in [6.45, 7) is 4.91. The molecule has 3 rings (SSSR count). The van der Waals surface area contributed by atoms with Crippen molar-refractivity contribution in [2.24, 2.45) is 5.41 Å². The third kappa shape index (κ3) is 3.23. The van der Waals surface area contributed by atoms with E-state index in [2.05, 4.69) is 19.2 Å². The van der Waals surface area contributed by atoms with Crippen LogP contribution in [-0.2, 0) is 0 Å². The van der Waals surface area contributed by atoms with Gasteiger partial charge in [-0.15, -0.1) is 0 Å². The van der Waals surface area contributed by atoms with E-state index < -0.39 is 0 Å². The van der Waals surface area contributed by atoms with Crippen LogP contribution in [0.1, 0.15) is 25.8 Å². The molecule has 4 heteroatoms. The zero-order valence-electron chi connectivity index (χ0n) is 14.5. The molecule has 1 N–H and O–H groups in total. The average molecular weight is 324 g/mol. The molecule has 1 heterocycles. The van der Waals surface area contributed by atoms with E-state index in [4.69, 9.17) is 4.74 Å². The fourth-order valence-electron chi connectivity index (χ4n) is 3.46. The Morgan fingerprint density at radius 1 is 1.12 bits per heavy atom. The molecule has 0 fully saturated rings. The number of benzene rings is 2. The summed E-state index contributed by atoms with van der Waals surface area (Å²) in [7, 11) is 1.65. The maximum atomic E-state index is 12.9. The van der Waals surface area contributed by atoms with Crippen molar-refractivity contribution < 1.29 is 9.48 Å². The Kier molecular flexibility index (Phi) is 4.47. The Bertz CT molecular complexity index is 721. The third-order valence-electron chi connectivity index (χ3n) is 4.62. The summed E-state index contributed by atoms with van der Waals surface area (Å²) in [4.78, 5) is 0. The normalized spacial score (nSPS) is 19.4. The highest BCUT2D eigenvalue weighted by Crippen LogP contribution is 2.35. The molecule has 0 saturated carbocycles. The number of hydrogen-bond donors (Lipinski definition) is 1. The summed E-state index contributed by atoms with van der Waals surface area (Å²) in [5.74, 6) is 0.801. The monoisotopic (exact) mass is 324 g/mol. The zero-order valence-corrected chi connectivity index (χ0v) is 14.5. The number of anilines is 1. The van der Waals surface area contributed by atoms with Crippen LogP contribution in [0.5, 0.6) is 5.75 Å². The number of rotatable bonds is 5. The van der Waals surface area contributed by atoms with E-state index in [1.807, 2.05) is 54.6 Å². The van der Waals surface area contributed by atoms with Gasteiger partial charge in [-0.3, -0.25) is 0 Å². The predicted molar refractivity (Wildman–Crippen MR) is 97.8 cm³/mol. The highest BCUT2D eigenvalue weighted by molar-refractivity contribution is 6.01. The van der Waals surface area contributed by atoms with Gasteiger partial charge in [0.05, 0.1) is 19.1 Å². The number of hydrogen-bond acceptors (Lipinski definition) is 3. The largest absolute Gasteiger partial charge is 0.623 e. The lowest BCUT2D eigenvalue weighted by molar-refractivity contribution is -0.487. The van der Waals surface area contributed by atoms with E-state index in [0.29, 0.717) is 6.54 Å². The molecule has 0 spiro atoms. The van der Waals surface area contributed by atoms with Crippen LogP contribution >= 0.6 is 0 Å². The van der Waals surface area contributed by atoms with Gasteiger partial charge in [0.1, 0.15) is 5.75 Å². The number of para-hydroxylation sites is 1. The van der Waals surface area contributed by atoms with E-state index in [1.165, 1.54) is 4.74 Å². The van der Waals surface area contributed by atoms with Crippen molar-refractivity contribution in [3.05, 3.63) is 65.4 Å². The fraction of sp³-hybridized carbons (Fsp3) is 0.350. The number of ether oxygens (including phenoxy) is 1. The molecule has 0 bridgehead atoms. The van der Waals surface area contributed by atoms with Gasteiger partial charge >= 0.3 is 0 Å². The Morgan fingerprint density at radius 2 is 1.79 bits per heavy atom. The lowest BCUT2D eigenvalue weighted by Gasteiger charge is -2.16. The Balaban J connectivity index is 1.81. The molecule has 4 nitrogen and oxygen atoms in total. The summed E-state index contributed by atoms with van der Waals surface area (Å²) < 4.78 is 6.40. The standard InChI is InChI=1S/C20H24N2O2/c1-20(2)13-17(14-21-16-7-5-4-6-8-16)22(23)19(20)15-9-11-18(24-3)12-10-15/h4-12,17,21H,13-14H2,1-3H3. The second kappa shape index (κ2) is 6.56. The number of nitrogens with zero attached hydrogens (tertiary/aromatic N) is 1. The van der Waals surface area contributed by atoms with Crippen LogP contribution in [0, 0.1) is 10.6 Å². The quantitative estimate of drug-likeness (QED) is 0.670. The summed E-state index contributed by atoms with van der Waals surface area (Å²) in [5, 5.41) is 16.3. The van der Waals surface area contributed by atoms with Crippen molar-refractivity contribution in [3.63, 3.8) is 0 Å². The van der Waals surface area contributed by atoms with Crippen molar-refractivity contribution in [1.82, 2.24) is 0 Å². The molecule has 2 aromatic carbocycles. The lowest BCUT2D eigenvalue weighted by atomic mass is 9.81. The Hall–Kier alpha value is -2.49. The van der Waals surface area contributed by atoms with Gasteiger partial charge in [-0.25, -0.2) is 4.74 Å². The number of hydroxylamine groups is 1. The van der Waals surface area contributed by atoms with Crippen LogP contribution in [-0.4, -0.2) is 30.1 Å². The van der Waals surface area contributed by atoms with Crippen LogP contribution in [0.25, 0.3) is 0 Å². The lowest BCUT2D eigenvalue weighted by Crippen LogP contribution is -2.27. The van der Waals surface area contributed by atoms with Crippen LogP contribution in [0.4, 0.5) is 5.69 Å². The summed E-state index contributed by atoms with van der Waals surface area (Å²) in [6.07, 6.45) is 0.831. The van der Waals surface area contributed by atoms with Crippen molar-refractivity contribution in [3.8, 4) is 5.75 Å². The van der Waals surface area contributed by atoms with Gasteiger partial charge in [-0.05, 0) is 50.2 Å². The Labute approximate surface area is 143 Å². The third-order valence-corrected chi connectivity index (χ3v) is 4.62. The SMILES string of the molecule is COc1ccc(C2=[N+]([O-])C(CNc3ccccc3)CC2(C)C)cc1. The van der Waals surface area contributed by atoms with Gasteiger partial charge in [-0.2, -0.15) is 0 Å². The van der Waals surface area contributed by atoms with E-state index in [1.54, 1.807) is 7.11 Å². The molecule has 126 valence electrons. The van der Waals surface area contributed by atoms with Crippen LogP contribution in [0.15, 0.2) is 54.6 Å². The maximum Gasteiger partial charge on any atom is 0.200 e. The molecule has 1 aliphatic heterocycles. The van der Waals surface area contributed by atoms with Crippen LogP contribution < -0.4 is 10.1 Å². The average Bonchev–Trinajstić information content (AvgIpc) is 2.83. The van der Waals surface area contributed by atoms with Crippen molar-refractivity contribution in [2.45, 2.75) is 26.3 Å². The molecule has 1 unspecified atom stereocenters. The van der Waals surface area contributed by atoms with E-state index >= 15 is 0 Å². The van der Waals surface area contributed by atoms with Gasteiger partial charge in [0, 0.05) is 17.7 Å². The first-order chi connectivity index (χ1) is 11.5. The molecular weight excluding hydrogens is 300 g/mol. The number of methoxy groups -OCH3 is 1. The van der Waals surface area contributed by atoms with E-state index in [9.17, 15) is 5.21 Å². The van der Waals surface area contributed by atoms with E-state index in [-0.39, 0.29) is 11.5 Å². The minimum Gasteiger partial charge on any atom is -0.623 e. The highest BCUT2D eigenvalue weighted by Gasteiger charge is 2.45. The molecule has 24 heavy (non-hydrogen) atoms. The van der Waals surface area contributed by atoms with Gasteiger partial charge in [-0.1, -0.05) is 18.2 Å². The summed E-state index contributed by atoms with van der Waals surface area (Å²) in [6, 6.07) is 17.7. The molecule has 2 aromatic rings. The van der Waals surface area contributed by atoms with Gasteiger partial charge in [0.2, 0.25) is 5.71 Å². The number of nitrogens with one attached hydrogen (secondary N) is 1. The zero-order chi connectivity index (χ0) is 17.2. The molecule has 1 aliphatic rings. The molecule has 0 radical (unpaired) electrons. The van der Waals surface area contributed by atoms with Gasteiger partial charge in [0.25, 0.3) is 0 Å². The second-order valence-electron chi connectivity index (χ2n) is 6.89. The molecule has 0 aliphatic carbocycles. The molecule has 0 aromatic heterocycles. The summed E-state index contributed by atoms with van der Waals surface area (Å²) >= 11 is 0. The van der Waals surface area contributed by atoms with Crippen LogP contribution in [0.2, 0.25) is 0 Å². The topological polar surface area (TPSA) is 47.3 Å². The maximum absolute atomic E-state index is 12.9. The van der Waals surface area contributed by atoms with E-state index in [0.717, 1.165) is 29.1 Å².